The first-order valence-corrected chi connectivity index (χ1v) is 24.8. The fourth-order valence-electron chi connectivity index (χ4n) is 6.80. The molecule has 0 aliphatic carbocycles. The first-order valence-electron chi connectivity index (χ1n) is 22.6. The molecule has 1 aliphatic heterocycles. The standard InChI is InChI=1S/C43H80N4O10PS/c1-8-10-12-14-15-16-17-18-19-20-21-22-23-24-25-29-40(48)53-35-39(36-55-58(50,51)54-33-31-46(4,5)6)57-43(49)56-37(3)47(7)30-27-28-38(34-47)41-42(45-59-44-41)52-32-26-13-11-9-2/h28,37,39H,8-27,29-36H2,1-7H3/q+1/t37-,39?,47?/m0/s1. The highest BCUT2D eigenvalue weighted by Gasteiger charge is 2.37. The largest absolute Gasteiger partial charge is 0.756 e. The highest BCUT2D eigenvalue weighted by Crippen LogP contribution is 2.38. The Morgan fingerprint density at radius 2 is 1.39 bits per heavy atom. The molecule has 1 aromatic rings. The van der Waals surface area contributed by atoms with E-state index in [4.69, 9.17) is 28.0 Å². The molecule has 0 amide bonds. The summed E-state index contributed by atoms with van der Waals surface area (Å²) in [4.78, 5) is 38.4. The Balaban J connectivity index is 1.84. The van der Waals surface area contributed by atoms with Gasteiger partial charge < -0.3 is 37.4 Å². The normalized spacial score (nSPS) is 17.8. The zero-order valence-electron chi connectivity index (χ0n) is 37.8. The average molecular weight is 876 g/mol. The summed E-state index contributed by atoms with van der Waals surface area (Å²) in [5.74, 6) is 0.0688. The Hall–Kier alpha value is -2.13. The van der Waals surface area contributed by atoms with Crippen molar-refractivity contribution in [3.63, 3.8) is 0 Å². The summed E-state index contributed by atoms with van der Waals surface area (Å²) >= 11 is 1.11. The SMILES string of the molecule is CCCCCCCCCCCCCCCCCC(=O)OCC(COP(=O)([O-])OCC[N+](C)(C)C)OC(=O)O[C@@H](C)[N+]1(C)CCC=C(c2nsnc2OCCCCCC)C1. The predicted molar refractivity (Wildman–Crippen MR) is 232 cm³/mol. The number of rotatable bonds is 35. The van der Waals surface area contributed by atoms with Gasteiger partial charge in [-0.2, -0.15) is 4.37 Å². The van der Waals surface area contributed by atoms with Gasteiger partial charge in [-0.05, 0) is 12.8 Å². The summed E-state index contributed by atoms with van der Waals surface area (Å²) in [5.41, 5.74) is 1.67. The van der Waals surface area contributed by atoms with Gasteiger partial charge in [0.1, 0.15) is 32.0 Å². The van der Waals surface area contributed by atoms with Crippen molar-refractivity contribution in [2.45, 2.75) is 168 Å². The topological polar surface area (TPSA) is 155 Å². The lowest BCUT2D eigenvalue weighted by Crippen LogP contribution is -2.55. The number of likely N-dealkylation sites (N-methyl/N-ethyl adjacent to an activating group) is 2. The molecule has 0 bridgehead atoms. The van der Waals surface area contributed by atoms with Gasteiger partial charge in [0.2, 0.25) is 6.23 Å². The number of phosphoric acid groups is 1. The minimum Gasteiger partial charge on any atom is -0.756 e. The molecule has 2 rings (SSSR count). The van der Waals surface area contributed by atoms with Gasteiger partial charge in [-0.25, -0.2) is 4.79 Å². The molecule has 16 heteroatoms. The van der Waals surface area contributed by atoms with Crippen molar-refractivity contribution in [1.29, 1.82) is 0 Å². The van der Waals surface area contributed by atoms with Crippen LogP contribution in [0.3, 0.4) is 0 Å². The molecule has 1 aromatic heterocycles. The van der Waals surface area contributed by atoms with Crippen LogP contribution < -0.4 is 9.63 Å². The number of nitrogens with zero attached hydrogens (tertiary/aromatic N) is 4. The van der Waals surface area contributed by atoms with Gasteiger partial charge >= 0.3 is 12.1 Å². The molecule has 0 radical (unpaired) electrons. The number of carbonyl (C=O) groups excluding carboxylic acids is 2. The lowest BCUT2D eigenvalue weighted by molar-refractivity contribution is -0.944. The second-order valence-corrected chi connectivity index (χ2v) is 19.3. The molecule has 2 heterocycles. The van der Waals surface area contributed by atoms with Crippen LogP contribution in [0, 0.1) is 0 Å². The second-order valence-electron chi connectivity index (χ2n) is 17.4. The van der Waals surface area contributed by atoms with Gasteiger partial charge in [0.25, 0.3) is 13.7 Å². The molecule has 0 spiro atoms. The van der Waals surface area contributed by atoms with Crippen molar-refractivity contribution in [1.82, 2.24) is 8.75 Å². The lowest BCUT2D eigenvalue weighted by Gasteiger charge is -2.41. The summed E-state index contributed by atoms with van der Waals surface area (Å²) in [7, 11) is 2.97. The molecule has 0 N–H and O–H groups in total. The van der Waals surface area contributed by atoms with E-state index in [1.165, 1.54) is 70.6 Å². The lowest BCUT2D eigenvalue weighted by atomic mass is 10.0. The summed E-state index contributed by atoms with van der Waals surface area (Å²) in [6.45, 7) is 7.34. The van der Waals surface area contributed by atoms with E-state index >= 15 is 0 Å². The molecule has 0 saturated heterocycles. The first kappa shape index (κ1) is 53.0. The summed E-state index contributed by atoms with van der Waals surface area (Å²) < 4.78 is 55.2. The zero-order valence-corrected chi connectivity index (χ0v) is 39.5. The van der Waals surface area contributed by atoms with Crippen molar-refractivity contribution in [2.24, 2.45) is 0 Å². The maximum atomic E-state index is 13.2. The smallest absolute Gasteiger partial charge is 0.513 e. The Kier molecular flexibility index (Phi) is 27.0. The number of hydrogen-bond acceptors (Lipinski definition) is 13. The van der Waals surface area contributed by atoms with Crippen LogP contribution in [0.1, 0.15) is 161 Å². The van der Waals surface area contributed by atoms with E-state index in [1.54, 1.807) is 6.92 Å². The van der Waals surface area contributed by atoms with Crippen LogP contribution in [0.15, 0.2) is 6.08 Å². The maximum Gasteiger partial charge on any atom is 0.513 e. The maximum absolute atomic E-state index is 13.2. The van der Waals surface area contributed by atoms with Gasteiger partial charge in [-0.15, -0.1) is 4.37 Å². The third-order valence-electron chi connectivity index (χ3n) is 10.8. The van der Waals surface area contributed by atoms with E-state index < -0.39 is 45.5 Å². The van der Waals surface area contributed by atoms with E-state index in [1.807, 2.05) is 28.2 Å². The van der Waals surface area contributed by atoms with E-state index in [0.717, 1.165) is 68.7 Å². The van der Waals surface area contributed by atoms with Gasteiger partial charge in [0, 0.05) is 25.3 Å². The van der Waals surface area contributed by atoms with E-state index in [0.29, 0.717) is 53.2 Å². The highest BCUT2D eigenvalue weighted by atomic mass is 32.1. The van der Waals surface area contributed by atoms with Crippen LogP contribution in [0.4, 0.5) is 4.79 Å². The Bertz CT molecular complexity index is 1380. The zero-order chi connectivity index (χ0) is 43.4. The number of hydrogen-bond donors (Lipinski definition) is 0. The minimum absolute atomic E-state index is 0.0833. The van der Waals surface area contributed by atoms with Crippen LogP contribution in [0.5, 0.6) is 5.88 Å². The number of aromatic nitrogens is 2. The number of esters is 1. The fraction of sp³-hybridized carbons (Fsp3) is 0.860. The summed E-state index contributed by atoms with van der Waals surface area (Å²) in [6.07, 6.45) is 22.9. The van der Waals surface area contributed by atoms with Gasteiger partial charge in [0.05, 0.1) is 59.7 Å². The monoisotopic (exact) mass is 876 g/mol. The van der Waals surface area contributed by atoms with Crippen molar-refractivity contribution in [2.75, 3.05) is 74.3 Å². The quantitative estimate of drug-likeness (QED) is 0.0276. The third-order valence-corrected chi connectivity index (χ3v) is 12.3. The summed E-state index contributed by atoms with van der Waals surface area (Å²) in [5, 5.41) is 0. The number of quaternary nitrogens is 2. The average Bonchev–Trinajstić information content (AvgIpc) is 3.65. The van der Waals surface area contributed by atoms with Crippen LogP contribution in [0.2, 0.25) is 0 Å². The van der Waals surface area contributed by atoms with Gasteiger partial charge in [0.15, 0.2) is 6.10 Å². The molecule has 1 aliphatic rings. The number of carbonyl (C=O) groups is 2. The molecule has 59 heavy (non-hydrogen) atoms. The van der Waals surface area contributed by atoms with E-state index in [9.17, 15) is 19.0 Å². The van der Waals surface area contributed by atoms with Crippen molar-refractivity contribution in [3.05, 3.63) is 11.8 Å². The molecular formula is C43H80N4O10PS+. The number of phosphoric ester groups is 1. The molecule has 0 saturated carbocycles. The molecular weight excluding hydrogens is 796 g/mol. The van der Waals surface area contributed by atoms with Crippen molar-refractivity contribution in [3.8, 4) is 5.88 Å². The Morgan fingerprint density at radius 1 is 0.814 bits per heavy atom. The molecule has 342 valence electrons. The third kappa shape index (κ3) is 24.8. The first-order chi connectivity index (χ1) is 28.2. The molecule has 0 aromatic carbocycles. The molecule has 3 unspecified atom stereocenters. The van der Waals surface area contributed by atoms with Crippen LogP contribution >= 0.6 is 19.6 Å². The van der Waals surface area contributed by atoms with Crippen molar-refractivity contribution >= 4 is 37.2 Å². The molecule has 4 atom stereocenters. The van der Waals surface area contributed by atoms with E-state index in [-0.39, 0.29) is 13.0 Å². The van der Waals surface area contributed by atoms with Crippen LogP contribution in [-0.2, 0) is 32.6 Å². The second kappa shape index (κ2) is 30.0. The fourth-order valence-corrected chi connectivity index (χ4v) is 8.06. The molecule has 14 nitrogen and oxygen atoms in total. The number of unbranched alkanes of at least 4 members (excludes halogenated alkanes) is 17. The Morgan fingerprint density at radius 3 is 1.98 bits per heavy atom. The van der Waals surface area contributed by atoms with Crippen molar-refractivity contribution < 1.29 is 56.0 Å². The van der Waals surface area contributed by atoms with Gasteiger partial charge in [-0.3, -0.25) is 13.8 Å². The highest BCUT2D eigenvalue weighted by molar-refractivity contribution is 7.45. The molecule has 0 fully saturated rings. The predicted octanol–water partition coefficient (Wildman–Crippen LogP) is 9.61. The van der Waals surface area contributed by atoms with Crippen LogP contribution in [0.25, 0.3) is 5.57 Å². The Labute approximate surface area is 360 Å². The van der Waals surface area contributed by atoms with Gasteiger partial charge in [-0.1, -0.05) is 129 Å². The summed E-state index contributed by atoms with van der Waals surface area (Å²) in [6, 6.07) is 0. The number of ether oxygens (including phenoxy) is 4. The minimum atomic E-state index is -4.74. The van der Waals surface area contributed by atoms with Crippen LogP contribution in [-0.4, -0.2) is 116 Å². The van der Waals surface area contributed by atoms with E-state index in [2.05, 4.69) is 28.7 Å².